The number of carbonyl (C=O) groups excluding carboxylic acids is 2. The molecule has 6 heteroatoms. The number of amides is 2. The number of hydrogen-bond acceptors (Lipinski definition) is 3. The Bertz CT molecular complexity index is 461. The van der Waals surface area contributed by atoms with E-state index in [4.69, 9.17) is 4.74 Å². The SMILES string of the molecule is CN1C(=O)COc2ccc(NC(=O)Br)cc21. The molecule has 0 spiro atoms. The van der Waals surface area contributed by atoms with Gasteiger partial charge in [-0.1, -0.05) is 0 Å². The van der Waals surface area contributed by atoms with E-state index in [0.29, 0.717) is 17.1 Å². The first kappa shape index (κ1) is 10.9. The maximum Gasteiger partial charge on any atom is 0.291 e. The molecule has 16 heavy (non-hydrogen) atoms. The summed E-state index contributed by atoms with van der Waals surface area (Å²) in [5.41, 5.74) is 1.25. The van der Waals surface area contributed by atoms with E-state index in [0.717, 1.165) is 0 Å². The highest BCUT2D eigenvalue weighted by atomic mass is 79.9. The summed E-state index contributed by atoms with van der Waals surface area (Å²) in [5, 5.41) is 2.57. The minimum Gasteiger partial charge on any atom is -0.482 e. The van der Waals surface area contributed by atoms with E-state index < -0.39 is 0 Å². The van der Waals surface area contributed by atoms with E-state index in [1.807, 2.05) is 0 Å². The maximum atomic E-state index is 11.4. The summed E-state index contributed by atoms with van der Waals surface area (Å²) in [7, 11) is 1.67. The number of anilines is 2. The van der Waals surface area contributed by atoms with Crippen LogP contribution >= 0.6 is 15.9 Å². The molecule has 0 fully saturated rings. The molecule has 2 amide bonds. The van der Waals surface area contributed by atoms with Crippen molar-refractivity contribution in [3.63, 3.8) is 0 Å². The van der Waals surface area contributed by atoms with Gasteiger partial charge in [-0.2, -0.15) is 0 Å². The molecule has 1 N–H and O–H groups in total. The highest BCUT2D eigenvalue weighted by molar-refractivity contribution is 9.18. The standard InChI is InChI=1S/C10H9BrN2O3/c1-13-7-4-6(12-10(11)15)2-3-8(7)16-5-9(13)14/h2-4H,5H2,1H3,(H,12,15). The maximum absolute atomic E-state index is 11.4. The highest BCUT2D eigenvalue weighted by Gasteiger charge is 2.22. The molecule has 2 rings (SSSR count). The number of rotatable bonds is 1. The van der Waals surface area contributed by atoms with Crippen LogP contribution in [0.5, 0.6) is 5.75 Å². The third kappa shape index (κ3) is 2.01. The van der Waals surface area contributed by atoms with Crippen LogP contribution in [0, 0.1) is 0 Å². The van der Waals surface area contributed by atoms with Gasteiger partial charge in [0.05, 0.1) is 5.69 Å². The van der Waals surface area contributed by atoms with Crippen LogP contribution in [0.15, 0.2) is 18.2 Å². The second kappa shape index (κ2) is 4.13. The number of likely N-dealkylation sites (N-methyl/N-ethyl adjacent to an activating group) is 1. The lowest BCUT2D eigenvalue weighted by Crippen LogP contribution is -2.35. The fourth-order valence-corrected chi connectivity index (χ4v) is 1.69. The Balaban J connectivity index is 2.36. The Morgan fingerprint density at radius 2 is 2.31 bits per heavy atom. The number of benzene rings is 1. The smallest absolute Gasteiger partial charge is 0.291 e. The zero-order chi connectivity index (χ0) is 11.7. The van der Waals surface area contributed by atoms with E-state index >= 15 is 0 Å². The second-order valence-corrected chi connectivity index (χ2v) is 4.04. The number of nitrogens with one attached hydrogen (secondary N) is 1. The molecule has 1 aromatic rings. The summed E-state index contributed by atoms with van der Waals surface area (Å²) in [6.07, 6.45) is 0. The Kier molecular flexibility index (Phi) is 2.82. The van der Waals surface area contributed by atoms with Gasteiger partial charge in [0.15, 0.2) is 6.61 Å². The number of fused-ring (bicyclic) bond motifs is 1. The first-order valence-corrected chi connectivity index (χ1v) is 5.37. The van der Waals surface area contributed by atoms with Crippen LogP contribution in [-0.4, -0.2) is 24.4 Å². The van der Waals surface area contributed by atoms with Crippen LogP contribution in [0.4, 0.5) is 16.2 Å². The first-order valence-electron chi connectivity index (χ1n) is 4.58. The van der Waals surface area contributed by atoms with E-state index in [2.05, 4.69) is 21.2 Å². The van der Waals surface area contributed by atoms with Gasteiger partial charge in [0.25, 0.3) is 10.7 Å². The minimum atomic E-state index is -0.335. The summed E-state index contributed by atoms with van der Waals surface area (Å²) in [6, 6.07) is 5.11. The van der Waals surface area contributed by atoms with Crippen molar-refractivity contribution in [3.8, 4) is 5.75 Å². The van der Waals surface area contributed by atoms with Gasteiger partial charge in [0.1, 0.15) is 5.75 Å². The normalized spacial score (nSPS) is 14.1. The van der Waals surface area contributed by atoms with Gasteiger partial charge < -0.3 is 15.0 Å². The fourth-order valence-electron chi connectivity index (χ4n) is 1.46. The molecule has 0 atom stereocenters. The van der Waals surface area contributed by atoms with Crippen molar-refractivity contribution in [2.45, 2.75) is 0 Å². The van der Waals surface area contributed by atoms with Crippen molar-refractivity contribution in [2.24, 2.45) is 0 Å². The Labute approximate surface area is 100 Å². The van der Waals surface area contributed by atoms with Crippen molar-refractivity contribution in [1.82, 2.24) is 0 Å². The second-order valence-electron chi connectivity index (χ2n) is 3.32. The lowest BCUT2D eigenvalue weighted by atomic mass is 10.2. The van der Waals surface area contributed by atoms with E-state index in [1.165, 1.54) is 4.90 Å². The predicted molar refractivity (Wildman–Crippen MR) is 63.3 cm³/mol. The van der Waals surface area contributed by atoms with Gasteiger partial charge in [-0.05, 0) is 18.2 Å². The Morgan fingerprint density at radius 3 is 3.00 bits per heavy atom. The third-order valence-corrected chi connectivity index (χ3v) is 2.49. The molecule has 5 nitrogen and oxygen atoms in total. The van der Waals surface area contributed by atoms with Crippen LogP contribution in [0.2, 0.25) is 0 Å². The van der Waals surface area contributed by atoms with Gasteiger partial charge in [-0.25, -0.2) is 0 Å². The molecule has 1 aromatic carbocycles. The average molecular weight is 285 g/mol. The zero-order valence-corrected chi connectivity index (χ0v) is 10.1. The van der Waals surface area contributed by atoms with Crippen molar-refractivity contribution < 1.29 is 14.3 Å². The number of carbonyl (C=O) groups is 2. The average Bonchev–Trinajstić information content (AvgIpc) is 2.23. The zero-order valence-electron chi connectivity index (χ0n) is 8.49. The van der Waals surface area contributed by atoms with Crippen LogP contribution in [0.25, 0.3) is 0 Å². The van der Waals surface area contributed by atoms with Crippen molar-refractivity contribution in [3.05, 3.63) is 18.2 Å². The van der Waals surface area contributed by atoms with Gasteiger partial charge in [0.2, 0.25) is 0 Å². The number of ether oxygens (including phenoxy) is 1. The molecule has 0 radical (unpaired) electrons. The molecular weight excluding hydrogens is 276 g/mol. The van der Waals surface area contributed by atoms with Crippen LogP contribution in [-0.2, 0) is 4.79 Å². The predicted octanol–water partition coefficient (Wildman–Crippen LogP) is 1.97. The van der Waals surface area contributed by atoms with Gasteiger partial charge >= 0.3 is 0 Å². The highest BCUT2D eigenvalue weighted by Crippen LogP contribution is 2.33. The minimum absolute atomic E-state index is 0.0493. The van der Waals surface area contributed by atoms with Gasteiger partial charge in [0, 0.05) is 28.7 Å². The summed E-state index contributed by atoms with van der Waals surface area (Å²) in [4.78, 5) is 23.4. The first-order chi connectivity index (χ1) is 7.58. The van der Waals surface area contributed by atoms with Crippen molar-refractivity contribution >= 4 is 38.0 Å². The van der Waals surface area contributed by atoms with E-state index in [1.54, 1.807) is 25.2 Å². The quantitative estimate of drug-likeness (QED) is 0.634. The lowest BCUT2D eigenvalue weighted by Gasteiger charge is -2.26. The van der Waals surface area contributed by atoms with Crippen molar-refractivity contribution in [1.29, 1.82) is 0 Å². The molecule has 1 heterocycles. The molecular formula is C10H9BrN2O3. The number of nitrogens with zero attached hydrogens (tertiary/aromatic N) is 1. The van der Waals surface area contributed by atoms with Crippen molar-refractivity contribution in [2.75, 3.05) is 23.9 Å². The number of hydrogen-bond donors (Lipinski definition) is 1. The molecule has 0 bridgehead atoms. The van der Waals surface area contributed by atoms with Crippen LogP contribution in [0.3, 0.4) is 0 Å². The molecule has 0 unspecified atom stereocenters. The number of halogens is 1. The van der Waals surface area contributed by atoms with E-state index in [9.17, 15) is 9.59 Å². The van der Waals surface area contributed by atoms with Gasteiger partial charge in [-0.15, -0.1) is 0 Å². The summed E-state index contributed by atoms with van der Waals surface area (Å²) in [6.45, 7) is 0.0493. The summed E-state index contributed by atoms with van der Waals surface area (Å²) in [5.74, 6) is 0.518. The molecule has 0 aromatic heterocycles. The molecule has 0 aliphatic carbocycles. The monoisotopic (exact) mass is 284 g/mol. The third-order valence-electron chi connectivity index (χ3n) is 2.29. The molecule has 1 aliphatic rings. The fraction of sp³-hybridized carbons (Fsp3) is 0.200. The largest absolute Gasteiger partial charge is 0.482 e. The lowest BCUT2D eigenvalue weighted by molar-refractivity contribution is -0.120. The van der Waals surface area contributed by atoms with Gasteiger partial charge in [-0.3, -0.25) is 9.59 Å². The Hall–Kier alpha value is -1.56. The van der Waals surface area contributed by atoms with E-state index in [-0.39, 0.29) is 17.3 Å². The van der Waals surface area contributed by atoms with Crippen LogP contribution in [0.1, 0.15) is 0 Å². The molecule has 84 valence electrons. The summed E-state index contributed by atoms with van der Waals surface area (Å²) < 4.78 is 5.25. The van der Waals surface area contributed by atoms with Crippen LogP contribution < -0.4 is 15.0 Å². The Morgan fingerprint density at radius 1 is 1.56 bits per heavy atom. The molecule has 1 aliphatic heterocycles. The molecule has 0 saturated heterocycles. The molecule has 0 saturated carbocycles. The topological polar surface area (TPSA) is 58.6 Å². The summed E-state index contributed by atoms with van der Waals surface area (Å²) >= 11 is 2.77.